The highest BCUT2D eigenvalue weighted by Crippen LogP contribution is 2.28. The number of allylic oxidation sites excluding steroid dienone is 1. The Labute approximate surface area is 173 Å². The van der Waals surface area contributed by atoms with E-state index in [9.17, 15) is 4.79 Å². The van der Waals surface area contributed by atoms with Crippen LogP contribution in [-0.2, 0) is 11.3 Å². The molecule has 0 saturated heterocycles. The number of nitrogens with one attached hydrogen (secondary N) is 1. The first-order chi connectivity index (χ1) is 13.5. The molecule has 1 heterocycles. The smallest absolute Gasteiger partial charge is 0.237 e. The Hall–Kier alpha value is -2.57. The van der Waals surface area contributed by atoms with Crippen molar-refractivity contribution in [2.75, 3.05) is 5.32 Å². The summed E-state index contributed by atoms with van der Waals surface area (Å²) in [6.07, 6.45) is 1.78. The summed E-state index contributed by atoms with van der Waals surface area (Å²) in [5, 5.41) is 12.5. The number of aryl methyl sites for hydroxylation is 1. The van der Waals surface area contributed by atoms with Crippen LogP contribution in [0.3, 0.4) is 0 Å². The molecule has 1 amide bonds. The maximum Gasteiger partial charge on any atom is 0.237 e. The quantitative estimate of drug-likeness (QED) is 0.427. The molecule has 28 heavy (non-hydrogen) atoms. The molecule has 1 aromatic heterocycles. The van der Waals surface area contributed by atoms with E-state index in [0.717, 1.165) is 16.8 Å². The lowest BCUT2D eigenvalue weighted by Gasteiger charge is -2.13. The average molecular weight is 413 g/mol. The number of nitrogens with zero attached hydrogens (tertiary/aromatic N) is 3. The highest BCUT2D eigenvalue weighted by molar-refractivity contribution is 8.00. The fourth-order valence-electron chi connectivity index (χ4n) is 2.66. The van der Waals surface area contributed by atoms with Gasteiger partial charge in [-0.05, 0) is 55.8 Å². The van der Waals surface area contributed by atoms with Gasteiger partial charge in [-0.2, -0.15) is 0 Å². The summed E-state index contributed by atoms with van der Waals surface area (Å²) < 4.78 is 1.94. The fourth-order valence-corrected chi connectivity index (χ4v) is 3.64. The Morgan fingerprint density at radius 2 is 2.04 bits per heavy atom. The first-order valence-electron chi connectivity index (χ1n) is 8.82. The van der Waals surface area contributed by atoms with Gasteiger partial charge in [0.05, 0.1) is 5.25 Å². The molecule has 0 aliphatic rings. The van der Waals surface area contributed by atoms with Gasteiger partial charge in [0, 0.05) is 22.8 Å². The molecule has 3 aromatic rings. The van der Waals surface area contributed by atoms with Gasteiger partial charge in [0.2, 0.25) is 5.91 Å². The van der Waals surface area contributed by atoms with Crippen LogP contribution in [0.25, 0.3) is 11.4 Å². The molecule has 1 N–H and O–H groups in total. The Kier molecular flexibility index (Phi) is 6.54. The van der Waals surface area contributed by atoms with Crippen molar-refractivity contribution >= 4 is 35.0 Å². The average Bonchev–Trinajstić information content (AvgIpc) is 3.05. The summed E-state index contributed by atoms with van der Waals surface area (Å²) in [6, 6.07) is 15.1. The van der Waals surface area contributed by atoms with Gasteiger partial charge in [0.25, 0.3) is 0 Å². The van der Waals surface area contributed by atoms with Gasteiger partial charge in [-0.15, -0.1) is 16.8 Å². The first-order valence-corrected chi connectivity index (χ1v) is 10.1. The molecule has 144 valence electrons. The zero-order valence-corrected chi connectivity index (χ0v) is 17.3. The SMILES string of the molecule is C=CCn1c(S[C@@H](C)C(=O)Nc2cccc(C)c2)nnc1-c1ccc(Cl)cc1. The van der Waals surface area contributed by atoms with Crippen molar-refractivity contribution in [2.24, 2.45) is 0 Å². The number of aromatic nitrogens is 3. The van der Waals surface area contributed by atoms with Crippen LogP contribution in [0.2, 0.25) is 5.02 Å². The Morgan fingerprint density at radius 1 is 1.29 bits per heavy atom. The van der Waals surface area contributed by atoms with Gasteiger partial charge < -0.3 is 5.32 Å². The van der Waals surface area contributed by atoms with Crippen molar-refractivity contribution in [3.63, 3.8) is 0 Å². The molecule has 2 aromatic carbocycles. The van der Waals surface area contributed by atoms with Crippen LogP contribution in [0.1, 0.15) is 12.5 Å². The van der Waals surface area contributed by atoms with Crippen molar-refractivity contribution in [2.45, 2.75) is 30.8 Å². The second kappa shape index (κ2) is 9.08. The van der Waals surface area contributed by atoms with E-state index in [2.05, 4.69) is 22.1 Å². The van der Waals surface area contributed by atoms with Crippen LogP contribution in [0.15, 0.2) is 66.3 Å². The second-order valence-corrected chi connectivity index (χ2v) is 8.08. The molecule has 0 bridgehead atoms. The number of benzene rings is 2. The summed E-state index contributed by atoms with van der Waals surface area (Å²) in [4.78, 5) is 12.6. The standard InChI is InChI=1S/C21H21ClN4OS/c1-4-12-26-19(16-8-10-17(22)11-9-16)24-25-21(26)28-15(3)20(27)23-18-7-5-6-14(2)13-18/h4-11,13,15H,1,12H2,2-3H3,(H,23,27)/t15-/m0/s1. The monoisotopic (exact) mass is 412 g/mol. The van der Waals surface area contributed by atoms with E-state index in [-0.39, 0.29) is 11.2 Å². The topological polar surface area (TPSA) is 59.8 Å². The van der Waals surface area contributed by atoms with Gasteiger partial charge in [-0.1, -0.05) is 41.6 Å². The highest BCUT2D eigenvalue weighted by Gasteiger charge is 2.20. The summed E-state index contributed by atoms with van der Waals surface area (Å²) in [6.45, 7) is 8.20. The predicted molar refractivity (Wildman–Crippen MR) is 116 cm³/mol. The first kappa shape index (κ1) is 20.2. The minimum atomic E-state index is -0.341. The Bertz CT molecular complexity index is 984. The minimum absolute atomic E-state index is 0.0863. The summed E-state index contributed by atoms with van der Waals surface area (Å²) >= 11 is 7.34. The van der Waals surface area contributed by atoms with Crippen molar-refractivity contribution < 1.29 is 4.79 Å². The van der Waals surface area contributed by atoms with Crippen molar-refractivity contribution in [3.05, 3.63) is 71.8 Å². The van der Waals surface area contributed by atoms with E-state index in [1.54, 1.807) is 6.08 Å². The molecule has 0 radical (unpaired) electrons. The third kappa shape index (κ3) is 4.82. The Morgan fingerprint density at radius 3 is 2.71 bits per heavy atom. The van der Waals surface area contributed by atoms with Crippen molar-refractivity contribution in [3.8, 4) is 11.4 Å². The highest BCUT2D eigenvalue weighted by atomic mass is 35.5. The minimum Gasteiger partial charge on any atom is -0.325 e. The molecular formula is C21H21ClN4OS. The number of amides is 1. The Balaban J connectivity index is 1.78. The molecule has 0 saturated carbocycles. The van der Waals surface area contributed by atoms with Gasteiger partial charge >= 0.3 is 0 Å². The van der Waals surface area contributed by atoms with Crippen LogP contribution in [0.5, 0.6) is 0 Å². The molecule has 7 heteroatoms. The van der Waals surface area contributed by atoms with Crippen molar-refractivity contribution in [1.82, 2.24) is 14.8 Å². The number of thioether (sulfide) groups is 1. The molecule has 5 nitrogen and oxygen atoms in total. The number of hydrogen-bond acceptors (Lipinski definition) is 4. The fraction of sp³-hybridized carbons (Fsp3) is 0.190. The summed E-state index contributed by atoms with van der Waals surface area (Å²) in [5.41, 5.74) is 2.78. The largest absolute Gasteiger partial charge is 0.325 e. The van der Waals surface area contributed by atoms with Crippen LogP contribution in [0, 0.1) is 6.92 Å². The zero-order valence-electron chi connectivity index (χ0n) is 15.7. The lowest BCUT2D eigenvalue weighted by Crippen LogP contribution is -2.23. The predicted octanol–water partition coefficient (Wildman–Crippen LogP) is 5.21. The zero-order chi connectivity index (χ0) is 20.1. The lowest BCUT2D eigenvalue weighted by molar-refractivity contribution is -0.115. The van der Waals surface area contributed by atoms with E-state index in [1.165, 1.54) is 11.8 Å². The molecule has 0 aliphatic carbocycles. The lowest BCUT2D eigenvalue weighted by atomic mass is 10.2. The van der Waals surface area contributed by atoms with Crippen molar-refractivity contribution in [1.29, 1.82) is 0 Å². The van der Waals surface area contributed by atoms with E-state index < -0.39 is 0 Å². The second-order valence-electron chi connectivity index (χ2n) is 6.33. The van der Waals surface area contributed by atoms with Gasteiger partial charge in [-0.25, -0.2) is 0 Å². The normalized spacial score (nSPS) is 11.8. The van der Waals surface area contributed by atoms with E-state index in [4.69, 9.17) is 11.6 Å². The number of anilines is 1. The van der Waals surface area contributed by atoms with Gasteiger partial charge in [0.1, 0.15) is 0 Å². The number of hydrogen-bond donors (Lipinski definition) is 1. The molecule has 0 aliphatic heterocycles. The number of carbonyl (C=O) groups is 1. The van der Waals surface area contributed by atoms with Crippen LogP contribution >= 0.6 is 23.4 Å². The number of carbonyl (C=O) groups excluding carboxylic acids is 1. The van der Waals surface area contributed by atoms with Crippen LogP contribution in [0.4, 0.5) is 5.69 Å². The third-order valence-electron chi connectivity index (χ3n) is 4.07. The third-order valence-corrected chi connectivity index (χ3v) is 5.40. The number of rotatable bonds is 7. The maximum absolute atomic E-state index is 12.6. The maximum atomic E-state index is 12.6. The van der Waals surface area contributed by atoms with Crippen LogP contribution < -0.4 is 5.32 Å². The summed E-state index contributed by atoms with van der Waals surface area (Å²) in [7, 11) is 0. The van der Waals surface area contributed by atoms with E-state index in [0.29, 0.717) is 22.5 Å². The molecule has 0 unspecified atom stereocenters. The van der Waals surface area contributed by atoms with Gasteiger partial charge in [0.15, 0.2) is 11.0 Å². The number of halogens is 1. The molecule has 0 fully saturated rings. The van der Waals surface area contributed by atoms with E-state index >= 15 is 0 Å². The van der Waals surface area contributed by atoms with E-state index in [1.807, 2.05) is 66.9 Å². The molecule has 1 atom stereocenters. The molecule has 3 rings (SSSR count). The van der Waals surface area contributed by atoms with Gasteiger partial charge in [-0.3, -0.25) is 9.36 Å². The molecule has 0 spiro atoms. The molecular weight excluding hydrogens is 392 g/mol. The summed E-state index contributed by atoms with van der Waals surface area (Å²) in [5.74, 6) is 0.627. The van der Waals surface area contributed by atoms with Crippen LogP contribution in [-0.4, -0.2) is 25.9 Å².